The topological polar surface area (TPSA) is 43.8 Å². The Bertz CT molecular complexity index is 341. The summed E-state index contributed by atoms with van der Waals surface area (Å²) < 4.78 is 37.9. The van der Waals surface area contributed by atoms with Gasteiger partial charge in [0, 0.05) is 12.2 Å². The van der Waals surface area contributed by atoms with Crippen molar-refractivity contribution in [1.29, 1.82) is 0 Å². The van der Waals surface area contributed by atoms with E-state index in [1.54, 1.807) is 0 Å². The Labute approximate surface area is 85.1 Å². The number of nitrogens with zero attached hydrogens (tertiary/aromatic N) is 2. The molecule has 1 aromatic heterocycles. The first-order valence-corrected chi connectivity index (χ1v) is 4.82. The van der Waals surface area contributed by atoms with Crippen LogP contribution in [0.1, 0.15) is 18.4 Å². The van der Waals surface area contributed by atoms with Crippen LogP contribution in [-0.2, 0) is 12.7 Å². The third-order valence-corrected chi connectivity index (χ3v) is 2.59. The third-order valence-electron chi connectivity index (χ3n) is 2.59. The van der Waals surface area contributed by atoms with Crippen LogP contribution in [-0.4, -0.2) is 15.8 Å². The Morgan fingerprint density at radius 1 is 1.53 bits per heavy atom. The summed E-state index contributed by atoms with van der Waals surface area (Å²) in [6.45, 7) is 0.362. The zero-order chi connectivity index (χ0) is 11.1. The predicted octanol–water partition coefficient (Wildman–Crippen LogP) is 1.64. The van der Waals surface area contributed by atoms with Gasteiger partial charge in [0.05, 0.1) is 18.3 Å². The van der Waals surface area contributed by atoms with E-state index in [2.05, 4.69) is 5.10 Å². The molecule has 2 N–H and O–H groups in total. The average Bonchev–Trinajstić information content (AvgIpc) is 2.86. The van der Waals surface area contributed by atoms with Crippen LogP contribution in [0.25, 0.3) is 0 Å². The van der Waals surface area contributed by atoms with Gasteiger partial charge in [0.15, 0.2) is 0 Å². The van der Waals surface area contributed by atoms with E-state index < -0.39 is 11.7 Å². The molecular formula is C9H12F3N3. The predicted molar refractivity (Wildman–Crippen MR) is 47.9 cm³/mol. The summed E-state index contributed by atoms with van der Waals surface area (Å²) in [5.41, 5.74) is 5.07. The summed E-state index contributed by atoms with van der Waals surface area (Å²) in [6.07, 6.45) is -0.326. The Balaban J connectivity index is 2.00. The van der Waals surface area contributed by atoms with Crippen LogP contribution in [0.5, 0.6) is 0 Å². The molecule has 1 fully saturated rings. The molecule has 3 nitrogen and oxygen atoms in total. The zero-order valence-corrected chi connectivity index (χ0v) is 8.04. The summed E-state index contributed by atoms with van der Waals surface area (Å²) in [6, 6.07) is -0.0778. The minimum atomic E-state index is -4.32. The van der Waals surface area contributed by atoms with Crippen LogP contribution in [0.4, 0.5) is 13.2 Å². The fraction of sp³-hybridized carbons (Fsp3) is 0.667. The Morgan fingerprint density at radius 2 is 2.20 bits per heavy atom. The molecule has 1 unspecified atom stereocenters. The quantitative estimate of drug-likeness (QED) is 0.839. The molecule has 1 aliphatic carbocycles. The molecule has 0 amide bonds. The highest BCUT2D eigenvalue weighted by molar-refractivity contribution is 5.08. The summed E-state index contributed by atoms with van der Waals surface area (Å²) >= 11 is 0. The largest absolute Gasteiger partial charge is 0.419 e. The lowest BCUT2D eigenvalue weighted by Crippen LogP contribution is -2.28. The molecule has 84 valence electrons. The molecule has 1 atom stereocenters. The molecule has 1 aromatic rings. The van der Waals surface area contributed by atoms with Crippen molar-refractivity contribution in [2.45, 2.75) is 31.6 Å². The number of aromatic nitrogens is 2. The molecular weight excluding hydrogens is 207 g/mol. The Hall–Kier alpha value is -1.04. The summed E-state index contributed by atoms with van der Waals surface area (Å²) in [5, 5.41) is 3.65. The number of rotatable bonds is 3. The molecule has 0 radical (unpaired) electrons. The maximum atomic E-state index is 12.2. The van der Waals surface area contributed by atoms with Gasteiger partial charge in [-0.15, -0.1) is 0 Å². The van der Waals surface area contributed by atoms with Crippen molar-refractivity contribution >= 4 is 0 Å². The molecule has 1 heterocycles. The summed E-state index contributed by atoms with van der Waals surface area (Å²) in [7, 11) is 0. The summed E-state index contributed by atoms with van der Waals surface area (Å²) in [5.74, 6) is 0.462. The van der Waals surface area contributed by atoms with Crippen molar-refractivity contribution < 1.29 is 13.2 Å². The van der Waals surface area contributed by atoms with Crippen molar-refractivity contribution in [3.63, 3.8) is 0 Å². The van der Waals surface area contributed by atoms with Crippen molar-refractivity contribution in [3.05, 3.63) is 18.0 Å². The first-order valence-electron chi connectivity index (χ1n) is 4.82. The summed E-state index contributed by atoms with van der Waals surface area (Å²) in [4.78, 5) is 0. The smallest absolute Gasteiger partial charge is 0.326 e. The van der Waals surface area contributed by atoms with E-state index in [1.807, 2.05) is 0 Å². The van der Waals surface area contributed by atoms with Crippen molar-refractivity contribution in [3.8, 4) is 0 Å². The van der Waals surface area contributed by atoms with E-state index >= 15 is 0 Å². The fourth-order valence-corrected chi connectivity index (χ4v) is 1.50. The molecule has 1 aliphatic rings. The van der Waals surface area contributed by atoms with Crippen LogP contribution < -0.4 is 5.73 Å². The van der Waals surface area contributed by atoms with Gasteiger partial charge in [0.2, 0.25) is 0 Å². The fourth-order valence-electron chi connectivity index (χ4n) is 1.50. The van der Waals surface area contributed by atoms with Gasteiger partial charge in [-0.2, -0.15) is 18.3 Å². The molecule has 6 heteroatoms. The molecule has 0 saturated heterocycles. The lowest BCUT2D eigenvalue weighted by molar-refractivity contribution is -0.137. The number of halogens is 3. The molecule has 0 bridgehead atoms. The van der Waals surface area contributed by atoms with E-state index in [1.165, 1.54) is 4.68 Å². The van der Waals surface area contributed by atoms with Gasteiger partial charge < -0.3 is 5.73 Å². The monoisotopic (exact) mass is 219 g/mol. The first kappa shape index (κ1) is 10.5. The van der Waals surface area contributed by atoms with E-state index in [-0.39, 0.29) is 6.04 Å². The van der Waals surface area contributed by atoms with Crippen LogP contribution in [0.15, 0.2) is 12.4 Å². The van der Waals surface area contributed by atoms with E-state index in [9.17, 15) is 13.2 Å². The van der Waals surface area contributed by atoms with Gasteiger partial charge in [0.1, 0.15) is 0 Å². The number of alkyl halides is 3. The van der Waals surface area contributed by atoms with Gasteiger partial charge in [-0.1, -0.05) is 0 Å². The maximum absolute atomic E-state index is 12.2. The number of hydrogen-bond donors (Lipinski definition) is 1. The lowest BCUT2D eigenvalue weighted by atomic mass is 10.2. The highest BCUT2D eigenvalue weighted by atomic mass is 19.4. The van der Waals surface area contributed by atoms with Crippen molar-refractivity contribution in [1.82, 2.24) is 9.78 Å². The highest BCUT2D eigenvalue weighted by Gasteiger charge is 2.33. The molecule has 15 heavy (non-hydrogen) atoms. The van der Waals surface area contributed by atoms with Gasteiger partial charge >= 0.3 is 6.18 Å². The van der Waals surface area contributed by atoms with Gasteiger partial charge in [-0.25, -0.2) is 0 Å². The Kier molecular flexibility index (Phi) is 2.46. The zero-order valence-electron chi connectivity index (χ0n) is 8.04. The SMILES string of the molecule is NC(Cn1cc(C(F)(F)F)cn1)C1CC1. The first-order chi connectivity index (χ1) is 6.97. The number of hydrogen-bond acceptors (Lipinski definition) is 2. The van der Waals surface area contributed by atoms with Gasteiger partial charge in [-0.3, -0.25) is 4.68 Å². The lowest BCUT2D eigenvalue weighted by Gasteiger charge is -2.09. The van der Waals surface area contributed by atoms with Gasteiger partial charge in [-0.05, 0) is 18.8 Å². The highest BCUT2D eigenvalue weighted by Crippen LogP contribution is 2.32. The minimum Gasteiger partial charge on any atom is -0.326 e. The van der Waals surface area contributed by atoms with E-state index in [0.29, 0.717) is 12.5 Å². The van der Waals surface area contributed by atoms with Gasteiger partial charge in [0.25, 0.3) is 0 Å². The van der Waals surface area contributed by atoms with E-state index in [0.717, 1.165) is 25.2 Å². The standard InChI is InChI=1S/C9H12F3N3/c10-9(11,12)7-3-14-15(4-7)5-8(13)6-1-2-6/h3-4,6,8H,1-2,5,13H2. The molecule has 2 rings (SSSR count). The van der Waals surface area contributed by atoms with E-state index in [4.69, 9.17) is 5.73 Å². The molecule has 1 saturated carbocycles. The number of nitrogens with two attached hydrogens (primary N) is 1. The van der Waals surface area contributed by atoms with Crippen molar-refractivity contribution in [2.24, 2.45) is 11.7 Å². The Morgan fingerprint density at radius 3 is 2.67 bits per heavy atom. The van der Waals surface area contributed by atoms with Crippen LogP contribution in [0.2, 0.25) is 0 Å². The third kappa shape index (κ3) is 2.50. The average molecular weight is 219 g/mol. The molecule has 0 aromatic carbocycles. The second-order valence-electron chi connectivity index (χ2n) is 3.95. The van der Waals surface area contributed by atoms with Crippen LogP contribution in [0.3, 0.4) is 0 Å². The van der Waals surface area contributed by atoms with Crippen molar-refractivity contribution in [2.75, 3.05) is 0 Å². The maximum Gasteiger partial charge on any atom is 0.419 e. The molecule has 0 aliphatic heterocycles. The minimum absolute atomic E-state index is 0.0778. The normalized spacial score (nSPS) is 19.2. The second kappa shape index (κ2) is 3.52. The molecule has 0 spiro atoms. The van der Waals surface area contributed by atoms with Crippen LogP contribution in [0, 0.1) is 5.92 Å². The second-order valence-corrected chi connectivity index (χ2v) is 3.95. The van der Waals surface area contributed by atoms with Crippen LogP contribution >= 0.6 is 0 Å².